The molecule has 0 saturated carbocycles. The van der Waals surface area contributed by atoms with Crippen molar-refractivity contribution in [3.05, 3.63) is 41.7 Å². The van der Waals surface area contributed by atoms with Crippen LogP contribution in [0.1, 0.15) is 36.8 Å². The first kappa shape index (κ1) is 18.0. The van der Waals surface area contributed by atoms with Gasteiger partial charge in [-0.2, -0.15) is 0 Å². The summed E-state index contributed by atoms with van der Waals surface area (Å²) in [6.45, 7) is 9.64. The van der Waals surface area contributed by atoms with Crippen LogP contribution in [0.5, 0.6) is 5.75 Å². The summed E-state index contributed by atoms with van der Waals surface area (Å²) in [6.07, 6.45) is 6.73. The van der Waals surface area contributed by atoms with Crippen LogP contribution in [0.3, 0.4) is 0 Å². The Kier molecular flexibility index (Phi) is 4.58. The lowest BCUT2D eigenvalue weighted by molar-refractivity contribution is -0.122. The maximum atomic E-state index is 11.4. The minimum Gasteiger partial charge on any atom is -0.493 e. The quantitative estimate of drug-likeness (QED) is 0.848. The van der Waals surface area contributed by atoms with Crippen LogP contribution in [0, 0.1) is 5.92 Å². The van der Waals surface area contributed by atoms with Crippen LogP contribution >= 0.6 is 0 Å². The van der Waals surface area contributed by atoms with Crippen molar-refractivity contribution in [3.63, 3.8) is 0 Å². The number of carbonyl (C=O) groups is 1. The van der Waals surface area contributed by atoms with E-state index < -0.39 is 0 Å². The molecule has 1 aromatic rings. The third-order valence-electron chi connectivity index (χ3n) is 7.02. The van der Waals surface area contributed by atoms with E-state index in [-0.39, 0.29) is 5.54 Å². The smallest absolute Gasteiger partial charge is 0.146 e. The van der Waals surface area contributed by atoms with Crippen LogP contribution in [0.15, 0.2) is 30.6 Å². The molecule has 0 bridgehead atoms. The molecule has 1 N–H and O–H groups in total. The number of likely N-dealkylation sites (tertiary alicyclic amines) is 2. The number of piperidine rings is 1. The molecule has 3 aliphatic heterocycles. The summed E-state index contributed by atoms with van der Waals surface area (Å²) in [5.74, 6) is 3.08. The van der Waals surface area contributed by atoms with Gasteiger partial charge in [0.05, 0.1) is 24.5 Å². The Labute approximate surface area is 167 Å². The number of nitrogens with one attached hydrogen (secondary N) is 1. The molecule has 4 aliphatic rings. The lowest BCUT2D eigenvalue weighted by Crippen LogP contribution is -2.72. The van der Waals surface area contributed by atoms with Gasteiger partial charge in [-0.05, 0) is 55.4 Å². The Morgan fingerprint density at radius 1 is 1.14 bits per heavy atom. The van der Waals surface area contributed by atoms with E-state index in [1.807, 2.05) is 0 Å². The van der Waals surface area contributed by atoms with E-state index in [0.29, 0.717) is 18.2 Å². The van der Waals surface area contributed by atoms with Gasteiger partial charge in [-0.3, -0.25) is 4.79 Å². The van der Waals surface area contributed by atoms with Crippen LogP contribution in [-0.2, 0) is 17.6 Å². The van der Waals surface area contributed by atoms with E-state index in [0.717, 1.165) is 57.2 Å². The zero-order valence-electron chi connectivity index (χ0n) is 16.7. The van der Waals surface area contributed by atoms with Crippen LogP contribution in [0.25, 0.3) is 0 Å². The van der Waals surface area contributed by atoms with Crippen molar-refractivity contribution in [3.8, 4) is 5.75 Å². The number of hydrogen-bond acceptors (Lipinski definition) is 5. The van der Waals surface area contributed by atoms with E-state index in [9.17, 15) is 4.79 Å². The minimum atomic E-state index is 0.149. The Bertz CT molecular complexity index is 766. The standard InChI is InChI=1S/C23H31N3O2/c1-17(26-15-23(16-26)9-8-21(27)11-24-23)25-12-18(13-25)14-28-22-7-6-19-4-2-3-5-20(19)10-22/h6-7,10,18,24H,1-5,8-9,11-16H2. The number of Topliss-reactive ketones (excluding diaryl/α,β-unsaturated/α-hetero) is 1. The number of fused-ring (bicyclic) bond motifs is 1. The number of nitrogens with zero attached hydrogens (tertiary/aromatic N) is 2. The Morgan fingerprint density at radius 2 is 1.93 bits per heavy atom. The molecule has 5 heteroatoms. The normalized spacial score (nSPS) is 23.8. The Morgan fingerprint density at radius 3 is 2.68 bits per heavy atom. The van der Waals surface area contributed by atoms with Gasteiger partial charge in [0, 0.05) is 38.5 Å². The molecular weight excluding hydrogens is 350 g/mol. The first-order valence-corrected chi connectivity index (χ1v) is 10.8. The fourth-order valence-corrected chi connectivity index (χ4v) is 5.08. The van der Waals surface area contributed by atoms with Gasteiger partial charge in [0.1, 0.15) is 11.5 Å². The highest BCUT2D eigenvalue weighted by atomic mass is 16.5. The molecule has 5 nitrogen and oxygen atoms in total. The van der Waals surface area contributed by atoms with Crippen molar-refractivity contribution < 1.29 is 9.53 Å². The van der Waals surface area contributed by atoms with Crippen molar-refractivity contribution in [2.75, 3.05) is 39.3 Å². The fraction of sp³-hybridized carbons (Fsp3) is 0.609. The lowest BCUT2D eigenvalue weighted by atomic mass is 9.81. The molecule has 3 saturated heterocycles. The number of ketones is 1. The number of ether oxygens (including phenoxy) is 1. The van der Waals surface area contributed by atoms with E-state index in [2.05, 4.69) is 39.9 Å². The third kappa shape index (κ3) is 3.41. The molecule has 0 unspecified atom stereocenters. The van der Waals surface area contributed by atoms with Gasteiger partial charge in [0.15, 0.2) is 0 Å². The molecule has 3 fully saturated rings. The highest BCUT2D eigenvalue weighted by molar-refractivity contribution is 5.81. The van der Waals surface area contributed by atoms with Crippen molar-refractivity contribution in [2.45, 2.75) is 44.1 Å². The average molecular weight is 382 g/mol. The number of aryl methyl sites for hydroxylation is 2. The number of carbonyl (C=O) groups excluding carboxylic acids is 1. The monoisotopic (exact) mass is 381 g/mol. The second kappa shape index (κ2) is 7.11. The summed E-state index contributed by atoms with van der Waals surface area (Å²) in [6, 6.07) is 6.65. The van der Waals surface area contributed by atoms with Gasteiger partial charge in [0.25, 0.3) is 0 Å². The highest BCUT2D eigenvalue weighted by Crippen LogP contribution is 2.34. The topological polar surface area (TPSA) is 44.8 Å². The van der Waals surface area contributed by atoms with E-state index in [4.69, 9.17) is 4.74 Å². The Hall–Kier alpha value is -2.01. The summed E-state index contributed by atoms with van der Waals surface area (Å²) in [5.41, 5.74) is 3.14. The van der Waals surface area contributed by atoms with Crippen LogP contribution in [0.2, 0.25) is 0 Å². The van der Waals surface area contributed by atoms with E-state index >= 15 is 0 Å². The van der Waals surface area contributed by atoms with Crippen molar-refractivity contribution >= 4 is 5.78 Å². The average Bonchev–Trinajstić information content (AvgIpc) is 2.65. The molecular formula is C23H31N3O2. The third-order valence-corrected chi connectivity index (χ3v) is 7.02. The fourth-order valence-electron chi connectivity index (χ4n) is 5.08. The molecule has 1 aliphatic carbocycles. The molecule has 1 aromatic carbocycles. The summed E-state index contributed by atoms with van der Waals surface area (Å²) in [7, 11) is 0. The summed E-state index contributed by atoms with van der Waals surface area (Å²) in [5, 5.41) is 3.44. The van der Waals surface area contributed by atoms with Gasteiger partial charge in [0.2, 0.25) is 0 Å². The zero-order chi connectivity index (χ0) is 19.1. The SMILES string of the molecule is C=C(N1CC(COc2ccc3c(c2)CCCC3)C1)N1CC2(CCC(=O)CN2)C1. The number of rotatable bonds is 5. The van der Waals surface area contributed by atoms with Crippen LogP contribution in [0.4, 0.5) is 0 Å². The lowest BCUT2D eigenvalue weighted by Gasteiger charge is -2.57. The second-order valence-electron chi connectivity index (χ2n) is 9.16. The molecule has 3 heterocycles. The van der Waals surface area contributed by atoms with Crippen LogP contribution < -0.4 is 10.1 Å². The summed E-state index contributed by atoms with van der Waals surface area (Å²) < 4.78 is 6.09. The van der Waals surface area contributed by atoms with E-state index in [1.165, 1.54) is 36.8 Å². The molecule has 150 valence electrons. The molecule has 0 atom stereocenters. The maximum absolute atomic E-state index is 11.4. The van der Waals surface area contributed by atoms with Crippen molar-refractivity contribution in [1.82, 2.24) is 15.1 Å². The maximum Gasteiger partial charge on any atom is 0.146 e. The van der Waals surface area contributed by atoms with Gasteiger partial charge in [-0.15, -0.1) is 0 Å². The first-order valence-electron chi connectivity index (χ1n) is 10.8. The molecule has 0 amide bonds. The van der Waals surface area contributed by atoms with E-state index in [1.54, 1.807) is 0 Å². The highest BCUT2D eigenvalue weighted by Gasteiger charge is 2.46. The summed E-state index contributed by atoms with van der Waals surface area (Å²) in [4.78, 5) is 16.1. The zero-order valence-corrected chi connectivity index (χ0v) is 16.7. The van der Waals surface area contributed by atoms with Gasteiger partial charge >= 0.3 is 0 Å². The largest absolute Gasteiger partial charge is 0.493 e. The minimum absolute atomic E-state index is 0.149. The molecule has 5 rings (SSSR count). The van der Waals surface area contributed by atoms with Crippen molar-refractivity contribution in [1.29, 1.82) is 0 Å². The Balaban J connectivity index is 1.05. The molecule has 0 aromatic heterocycles. The molecule has 1 spiro atoms. The summed E-state index contributed by atoms with van der Waals surface area (Å²) >= 11 is 0. The predicted octanol–water partition coefficient (Wildman–Crippen LogP) is 2.35. The number of benzene rings is 1. The second-order valence-corrected chi connectivity index (χ2v) is 9.16. The van der Waals surface area contributed by atoms with Gasteiger partial charge in [-0.25, -0.2) is 0 Å². The van der Waals surface area contributed by atoms with Gasteiger partial charge in [-0.1, -0.05) is 12.6 Å². The van der Waals surface area contributed by atoms with Crippen molar-refractivity contribution in [2.24, 2.45) is 5.92 Å². The predicted molar refractivity (Wildman–Crippen MR) is 109 cm³/mol. The van der Waals surface area contributed by atoms with Crippen LogP contribution in [-0.4, -0.2) is 60.5 Å². The first-order chi connectivity index (χ1) is 13.6. The molecule has 0 radical (unpaired) electrons. The van der Waals surface area contributed by atoms with Gasteiger partial charge < -0.3 is 19.9 Å². The molecule has 28 heavy (non-hydrogen) atoms. The number of hydrogen-bond donors (Lipinski definition) is 1.